The minimum absolute atomic E-state index is 0.175. The second kappa shape index (κ2) is 13.2. The van der Waals surface area contributed by atoms with Crippen LogP contribution in [0.4, 0.5) is 0 Å². The van der Waals surface area contributed by atoms with Crippen LogP contribution in [-0.4, -0.2) is 74.1 Å². The van der Waals surface area contributed by atoms with Crippen molar-refractivity contribution in [2.75, 3.05) is 52.5 Å². The van der Waals surface area contributed by atoms with Crippen molar-refractivity contribution in [3.8, 4) is 0 Å². The van der Waals surface area contributed by atoms with Crippen molar-refractivity contribution in [1.29, 1.82) is 0 Å². The van der Waals surface area contributed by atoms with Crippen LogP contribution in [0.3, 0.4) is 0 Å². The molecule has 1 aliphatic heterocycles. The number of morpholine rings is 1. The largest absolute Gasteiger partial charge is 0.379 e. The number of benzene rings is 1. The van der Waals surface area contributed by atoms with Crippen molar-refractivity contribution in [2.45, 2.75) is 40.3 Å². The lowest BCUT2D eigenvalue weighted by atomic mass is 10.1. The van der Waals surface area contributed by atoms with Gasteiger partial charge in [0.15, 0.2) is 5.96 Å². The van der Waals surface area contributed by atoms with Crippen LogP contribution >= 0.6 is 0 Å². The van der Waals surface area contributed by atoms with E-state index < -0.39 is 0 Å². The molecular formula is C22H37N5O2. The quantitative estimate of drug-likeness (QED) is 0.461. The molecule has 1 amide bonds. The number of hydrogen-bond donors (Lipinski definition) is 2. The summed E-state index contributed by atoms with van der Waals surface area (Å²) >= 11 is 0. The Bertz CT molecular complexity index is 640. The van der Waals surface area contributed by atoms with Gasteiger partial charge in [-0.1, -0.05) is 24.3 Å². The van der Waals surface area contributed by atoms with Gasteiger partial charge in [-0.05, 0) is 31.9 Å². The highest BCUT2D eigenvalue weighted by Crippen LogP contribution is 2.14. The van der Waals surface area contributed by atoms with E-state index in [2.05, 4.69) is 39.8 Å². The molecule has 1 aromatic carbocycles. The Kier molecular flexibility index (Phi) is 10.5. The number of guanidine groups is 1. The molecule has 1 fully saturated rings. The monoisotopic (exact) mass is 403 g/mol. The van der Waals surface area contributed by atoms with Crippen molar-refractivity contribution in [2.24, 2.45) is 4.99 Å². The van der Waals surface area contributed by atoms with E-state index in [0.29, 0.717) is 19.5 Å². The van der Waals surface area contributed by atoms with Crippen LogP contribution in [0.15, 0.2) is 29.3 Å². The third-order valence-electron chi connectivity index (χ3n) is 5.12. The van der Waals surface area contributed by atoms with Gasteiger partial charge in [-0.25, -0.2) is 4.99 Å². The molecule has 0 bridgehead atoms. The first kappa shape index (κ1) is 23.2. The molecule has 2 N–H and O–H groups in total. The number of ether oxygens (including phenoxy) is 1. The standard InChI is InChI=1S/C22H37N5O2/c1-4-23-22(24-12-11-21(28)27(5-2)6-3)25-17-19-9-7-8-10-20(19)18-26-13-15-29-16-14-26/h7-10H,4-6,11-18H2,1-3H3,(H2,23,24,25). The highest BCUT2D eigenvalue weighted by molar-refractivity contribution is 5.81. The smallest absolute Gasteiger partial charge is 0.224 e. The number of nitrogens with one attached hydrogen (secondary N) is 2. The van der Waals surface area contributed by atoms with Crippen molar-refractivity contribution in [1.82, 2.24) is 20.4 Å². The summed E-state index contributed by atoms with van der Waals surface area (Å²) in [6, 6.07) is 8.48. The zero-order chi connectivity index (χ0) is 20.9. The number of rotatable bonds is 10. The molecule has 162 valence electrons. The van der Waals surface area contributed by atoms with Crippen LogP contribution in [0.1, 0.15) is 38.3 Å². The van der Waals surface area contributed by atoms with Gasteiger partial charge in [-0.3, -0.25) is 9.69 Å². The lowest BCUT2D eigenvalue weighted by Crippen LogP contribution is -2.40. The highest BCUT2D eigenvalue weighted by Gasteiger charge is 2.13. The van der Waals surface area contributed by atoms with Crippen molar-refractivity contribution < 1.29 is 9.53 Å². The molecule has 1 aromatic rings. The molecule has 0 atom stereocenters. The molecule has 1 aliphatic rings. The fourth-order valence-corrected chi connectivity index (χ4v) is 3.39. The van der Waals surface area contributed by atoms with E-state index in [1.807, 2.05) is 25.7 Å². The second-order valence-corrected chi connectivity index (χ2v) is 7.10. The summed E-state index contributed by atoms with van der Waals surface area (Å²) in [5, 5.41) is 6.56. The van der Waals surface area contributed by atoms with Crippen LogP contribution in [-0.2, 0) is 22.6 Å². The minimum Gasteiger partial charge on any atom is -0.379 e. The molecule has 2 rings (SSSR count). The SMILES string of the molecule is CCNC(=NCc1ccccc1CN1CCOCC1)NCCC(=O)N(CC)CC. The maximum Gasteiger partial charge on any atom is 0.224 e. The third-order valence-corrected chi connectivity index (χ3v) is 5.12. The maximum atomic E-state index is 12.2. The Balaban J connectivity index is 1.92. The average molecular weight is 404 g/mol. The first-order valence-electron chi connectivity index (χ1n) is 10.8. The van der Waals surface area contributed by atoms with E-state index in [1.165, 1.54) is 11.1 Å². The molecule has 0 saturated carbocycles. The van der Waals surface area contributed by atoms with E-state index in [1.54, 1.807) is 0 Å². The van der Waals surface area contributed by atoms with Crippen LogP contribution in [0.25, 0.3) is 0 Å². The Hall–Kier alpha value is -2.12. The first-order valence-corrected chi connectivity index (χ1v) is 10.8. The number of carbonyl (C=O) groups is 1. The number of carbonyl (C=O) groups excluding carboxylic acids is 1. The summed E-state index contributed by atoms with van der Waals surface area (Å²) < 4.78 is 5.45. The Morgan fingerprint density at radius 3 is 2.45 bits per heavy atom. The van der Waals surface area contributed by atoms with E-state index in [9.17, 15) is 4.79 Å². The number of hydrogen-bond acceptors (Lipinski definition) is 4. The molecular weight excluding hydrogens is 366 g/mol. The molecule has 1 heterocycles. The van der Waals surface area contributed by atoms with E-state index in [4.69, 9.17) is 9.73 Å². The average Bonchev–Trinajstić information content (AvgIpc) is 2.74. The highest BCUT2D eigenvalue weighted by atomic mass is 16.5. The van der Waals surface area contributed by atoms with Gasteiger partial charge in [0.05, 0.1) is 19.8 Å². The van der Waals surface area contributed by atoms with Gasteiger partial charge in [0.1, 0.15) is 0 Å². The topological polar surface area (TPSA) is 69.2 Å². The van der Waals surface area contributed by atoms with Gasteiger partial charge in [0.2, 0.25) is 5.91 Å². The van der Waals surface area contributed by atoms with Gasteiger partial charge in [0, 0.05) is 52.2 Å². The molecule has 29 heavy (non-hydrogen) atoms. The molecule has 0 aromatic heterocycles. The zero-order valence-corrected chi connectivity index (χ0v) is 18.2. The molecule has 0 spiro atoms. The summed E-state index contributed by atoms with van der Waals surface area (Å²) in [5.41, 5.74) is 2.54. The van der Waals surface area contributed by atoms with Gasteiger partial charge >= 0.3 is 0 Å². The second-order valence-electron chi connectivity index (χ2n) is 7.10. The Morgan fingerprint density at radius 1 is 1.10 bits per heavy atom. The molecule has 7 heteroatoms. The van der Waals surface area contributed by atoms with Gasteiger partial charge < -0.3 is 20.3 Å². The van der Waals surface area contributed by atoms with Crippen LogP contribution in [0, 0.1) is 0 Å². The van der Waals surface area contributed by atoms with Gasteiger partial charge in [0.25, 0.3) is 0 Å². The normalized spacial score (nSPS) is 15.2. The van der Waals surface area contributed by atoms with Crippen molar-refractivity contribution in [3.63, 3.8) is 0 Å². The summed E-state index contributed by atoms with van der Waals surface area (Å²) in [4.78, 5) is 21.2. The molecule has 0 aliphatic carbocycles. The minimum atomic E-state index is 0.175. The molecule has 7 nitrogen and oxygen atoms in total. The van der Waals surface area contributed by atoms with E-state index in [-0.39, 0.29) is 5.91 Å². The summed E-state index contributed by atoms with van der Waals surface area (Å²) in [5.74, 6) is 0.926. The summed E-state index contributed by atoms with van der Waals surface area (Å²) in [6.07, 6.45) is 0.472. The van der Waals surface area contributed by atoms with E-state index >= 15 is 0 Å². The first-order chi connectivity index (χ1) is 14.2. The Labute approximate surface area is 175 Å². The lowest BCUT2D eigenvalue weighted by Gasteiger charge is -2.27. The molecule has 0 unspecified atom stereocenters. The Morgan fingerprint density at radius 2 is 1.79 bits per heavy atom. The fraction of sp³-hybridized carbons (Fsp3) is 0.636. The van der Waals surface area contributed by atoms with Crippen LogP contribution < -0.4 is 10.6 Å². The van der Waals surface area contributed by atoms with Gasteiger partial charge in [-0.2, -0.15) is 0 Å². The van der Waals surface area contributed by atoms with Crippen molar-refractivity contribution in [3.05, 3.63) is 35.4 Å². The zero-order valence-electron chi connectivity index (χ0n) is 18.2. The van der Waals surface area contributed by atoms with Gasteiger partial charge in [-0.15, -0.1) is 0 Å². The fourth-order valence-electron chi connectivity index (χ4n) is 3.39. The molecule has 0 radical (unpaired) electrons. The predicted molar refractivity (Wildman–Crippen MR) is 118 cm³/mol. The van der Waals surface area contributed by atoms with Crippen LogP contribution in [0.2, 0.25) is 0 Å². The van der Waals surface area contributed by atoms with E-state index in [0.717, 1.165) is 58.4 Å². The predicted octanol–water partition coefficient (Wildman–Crippen LogP) is 1.83. The van der Waals surface area contributed by atoms with Crippen molar-refractivity contribution >= 4 is 11.9 Å². The molecule has 1 saturated heterocycles. The third kappa shape index (κ3) is 8.03. The number of aliphatic imine (C=N–C) groups is 1. The number of amides is 1. The lowest BCUT2D eigenvalue weighted by molar-refractivity contribution is -0.130. The summed E-state index contributed by atoms with van der Waals surface area (Å²) in [7, 11) is 0. The van der Waals surface area contributed by atoms with Crippen LogP contribution in [0.5, 0.6) is 0 Å². The number of nitrogens with zero attached hydrogens (tertiary/aromatic N) is 3. The summed E-state index contributed by atoms with van der Waals surface area (Å²) in [6.45, 7) is 14.0. The maximum absolute atomic E-state index is 12.2.